The molecule has 4 nitrogen and oxygen atoms in total. The number of aromatic nitrogens is 1. The summed E-state index contributed by atoms with van der Waals surface area (Å²) in [6.45, 7) is 4.58. The number of piperazine rings is 1. The van der Waals surface area contributed by atoms with Crippen molar-refractivity contribution in [2.75, 3.05) is 26.2 Å². The van der Waals surface area contributed by atoms with Gasteiger partial charge in [-0.25, -0.2) is 0 Å². The monoisotopic (exact) mass is 318 g/mol. The maximum Gasteiger partial charge on any atom is 0.254 e. The lowest BCUT2D eigenvalue weighted by Gasteiger charge is -2.32. The molecule has 0 bridgehead atoms. The van der Waals surface area contributed by atoms with E-state index in [0.29, 0.717) is 10.6 Å². The maximum absolute atomic E-state index is 12.5. The maximum atomic E-state index is 12.5. The van der Waals surface area contributed by atoms with Crippen LogP contribution < -0.4 is 4.90 Å². The standard InChI is InChI=1S/C17H20ClN3O/c1-19-7-3-6-16(19)13-20-8-10-21(11-9-20)17(22)14-4-2-5-15(18)12-14/h2-7,12H,8-11,13H2,1H3/p+1. The second-order valence-corrected chi connectivity index (χ2v) is 6.28. The van der Waals surface area contributed by atoms with Gasteiger partial charge in [0.15, 0.2) is 0 Å². The summed E-state index contributed by atoms with van der Waals surface area (Å²) in [5.74, 6) is 0.0837. The number of halogens is 1. The summed E-state index contributed by atoms with van der Waals surface area (Å²) in [7, 11) is 2.08. The number of benzene rings is 1. The molecule has 116 valence electrons. The third kappa shape index (κ3) is 3.34. The van der Waals surface area contributed by atoms with Gasteiger partial charge in [0.2, 0.25) is 0 Å². The Hall–Kier alpha value is -1.78. The third-order valence-corrected chi connectivity index (χ3v) is 4.55. The van der Waals surface area contributed by atoms with Crippen molar-refractivity contribution >= 4 is 17.5 Å². The van der Waals surface area contributed by atoms with Crippen LogP contribution in [0.1, 0.15) is 16.1 Å². The smallest absolute Gasteiger partial charge is 0.254 e. The van der Waals surface area contributed by atoms with Crippen LogP contribution in [-0.4, -0.2) is 41.6 Å². The third-order valence-electron chi connectivity index (χ3n) is 4.31. The molecule has 0 aliphatic carbocycles. The van der Waals surface area contributed by atoms with E-state index in [0.717, 1.165) is 32.7 Å². The topological polar surface area (TPSA) is 29.7 Å². The van der Waals surface area contributed by atoms with E-state index in [1.165, 1.54) is 10.6 Å². The van der Waals surface area contributed by atoms with Gasteiger partial charge in [-0.05, 0) is 30.3 Å². The first-order valence-electron chi connectivity index (χ1n) is 7.62. The number of hydrogen-bond acceptors (Lipinski definition) is 1. The molecule has 1 aliphatic heterocycles. The zero-order valence-electron chi connectivity index (χ0n) is 12.8. The minimum Gasteiger partial charge on any atom is -0.350 e. The van der Waals surface area contributed by atoms with Crippen LogP contribution in [0.5, 0.6) is 0 Å². The lowest BCUT2D eigenvalue weighted by molar-refractivity contribution is -0.918. The Balaban J connectivity index is 1.57. The fourth-order valence-corrected chi connectivity index (χ4v) is 3.13. The van der Waals surface area contributed by atoms with Crippen LogP contribution in [0.15, 0.2) is 42.6 Å². The molecule has 0 atom stereocenters. The average Bonchev–Trinajstić information content (AvgIpc) is 2.92. The molecule has 1 aromatic carbocycles. The summed E-state index contributed by atoms with van der Waals surface area (Å²) < 4.78 is 2.16. The van der Waals surface area contributed by atoms with Crippen LogP contribution in [0, 0.1) is 0 Å². The van der Waals surface area contributed by atoms with Gasteiger partial charge in [-0.15, -0.1) is 0 Å². The number of nitrogens with zero attached hydrogens (tertiary/aromatic N) is 2. The number of quaternary nitrogens is 1. The van der Waals surface area contributed by atoms with E-state index < -0.39 is 0 Å². The van der Waals surface area contributed by atoms with Crippen molar-refractivity contribution in [3.63, 3.8) is 0 Å². The highest BCUT2D eigenvalue weighted by molar-refractivity contribution is 6.30. The van der Waals surface area contributed by atoms with Gasteiger partial charge in [0.25, 0.3) is 5.91 Å². The molecule has 3 rings (SSSR count). The Morgan fingerprint density at radius 1 is 1.23 bits per heavy atom. The van der Waals surface area contributed by atoms with Gasteiger partial charge in [-0.3, -0.25) is 4.79 Å². The fourth-order valence-electron chi connectivity index (χ4n) is 2.94. The van der Waals surface area contributed by atoms with Crippen LogP contribution in [-0.2, 0) is 13.6 Å². The predicted molar refractivity (Wildman–Crippen MR) is 87.2 cm³/mol. The summed E-state index contributed by atoms with van der Waals surface area (Å²) in [5.41, 5.74) is 2.02. The van der Waals surface area contributed by atoms with Crippen LogP contribution >= 0.6 is 11.6 Å². The Morgan fingerprint density at radius 2 is 2.00 bits per heavy atom. The van der Waals surface area contributed by atoms with E-state index in [9.17, 15) is 4.79 Å². The van der Waals surface area contributed by atoms with E-state index in [-0.39, 0.29) is 5.91 Å². The first kappa shape index (κ1) is 15.1. The summed E-state index contributed by atoms with van der Waals surface area (Å²) >= 11 is 5.97. The van der Waals surface area contributed by atoms with E-state index >= 15 is 0 Å². The summed E-state index contributed by atoms with van der Waals surface area (Å²) in [6.07, 6.45) is 2.08. The average molecular weight is 319 g/mol. The number of aryl methyl sites for hydroxylation is 1. The molecule has 5 heteroatoms. The van der Waals surface area contributed by atoms with Crippen molar-refractivity contribution in [1.82, 2.24) is 9.47 Å². The normalized spacial score (nSPS) is 16.0. The lowest BCUT2D eigenvalue weighted by Crippen LogP contribution is -3.13. The van der Waals surface area contributed by atoms with Crippen molar-refractivity contribution in [2.24, 2.45) is 7.05 Å². The van der Waals surface area contributed by atoms with Crippen molar-refractivity contribution in [3.8, 4) is 0 Å². The molecule has 2 aromatic rings. The van der Waals surface area contributed by atoms with Crippen molar-refractivity contribution in [1.29, 1.82) is 0 Å². The summed E-state index contributed by atoms with van der Waals surface area (Å²) in [4.78, 5) is 15.9. The van der Waals surface area contributed by atoms with E-state index in [1.807, 2.05) is 17.0 Å². The second-order valence-electron chi connectivity index (χ2n) is 5.84. The molecule has 0 spiro atoms. The largest absolute Gasteiger partial charge is 0.350 e. The quantitative estimate of drug-likeness (QED) is 0.906. The first-order valence-corrected chi connectivity index (χ1v) is 8.00. The number of carbonyl (C=O) groups excluding carboxylic acids is 1. The molecular weight excluding hydrogens is 298 g/mol. The Kier molecular flexibility index (Phi) is 4.50. The summed E-state index contributed by atoms with van der Waals surface area (Å²) in [5, 5.41) is 0.610. The highest BCUT2D eigenvalue weighted by Gasteiger charge is 2.25. The minimum atomic E-state index is 0.0837. The number of nitrogens with one attached hydrogen (secondary N) is 1. The van der Waals surface area contributed by atoms with Crippen LogP contribution in [0.4, 0.5) is 0 Å². The molecule has 0 unspecified atom stereocenters. The minimum absolute atomic E-state index is 0.0837. The summed E-state index contributed by atoms with van der Waals surface area (Å²) in [6, 6.07) is 11.4. The molecule has 0 radical (unpaired) electrons. The van der Waals surface area contributed by atoms with Crippen LogP contribution in [0.2, 0.25) is 5.02 Å². The highest BCUT2D eigenvalue weighted by atomic mass is 35.5. The molecular formula is C17H21ClN3O+. The van der Waals surface area contributed by atoms with E-state index in [1.54, 1.807) is 12.1 Å². The van der Waals surface area contributed by atoms with Crippen molar-refractivity contribution in [3.05, 3.63) is 58.9 Å². The van der Waals surface area contributed by atoms with Crippen LogP contribution in [0.3, 0.4) is 0 Å². The van der Waals surface area contributed by atoms with Gasteiger partial charge in [0, 0.05) is 23.8 Å². The predicted octanol–water partition coefficient (Wildman–Crippen LogP) is 1.22. The molecule has 2 heterocycles. The zero-order valence-corrected chi connectivity index (χ0v) is 13.5. The molecule has 1 N–H and O–H groups in total. The first-order chi connectivity index (χ1) is 10.6. The van der Waals surface area contributed by atoms with Gasteiger partial charge < -0.3 is 14.4 Å². The van der Waals surface area contributed by atoms with Crippen LogP contribution in [0.25, 0.3) is 0 Å². The number of amides is 1. The second kappa shape index (κ2) is 6.55. The molecule has 1 saturated heterocycles. The van der Waals surface area contributed by atoms with Crippen molar-refractivity contribution < 1.29 is 9.69 Å². The molecule has 1 aliphatic rings. The van der Waals surface area contributed by atoms with Gasteiger partial charge in [0.05, 0.1) is 31.9 Å². The van der Waals surface area contributed by atoms with Gasteiger partial charge in [0.1, 0.15) is 6.54 Å². The van der Waals surface area contributed by atoms with E-state index in [4.69, 9.17) is 11.6 Å². The molecule has 1 aromatic heterocycles. The Morgan fingerprint density at radius 3 is 2.64 bits per heavy atom. The van der Waals surface area contributed by atoms with Gasteiger partial charge in [-0.1, -0.05) is 17.7 Å². The van der Waals surface area contributed by atoms with Gasteiger partial charge >= 0.3 is 0 Å². The van der Waals surface area contributed by atoms with E-state index in [2.05, 4.69) is 29.9 Å². The molecule has 1 amide bonds. The van der Waals surface area contributed by atoms with Gasteiger partial charge in [-0.2, -0.15) is 0 Å². The lowest BCUT2D eigenvalue weighted by atomic mass is 10.2. The fraction of sp³-hybridized carbons (Fsp3) is 0.353. The number of carbonyl (C=O) groups is 1. The highest BCUT2D eigenvalue weighted by Crippen LogP contribution is 2.12. The zero-order chi connectivity index (χ0) is 15.5. The molecule has 22 heavy (non-hydrogen) atoms. The Bertz CT molecular complexity index is 659. The molecule has 0 saturated carbocycles. The SMILES string of the molecule is Cn1cccc1C[NH+]1CCN(C(=O)c2cccc(Cl)c2)CC1. The van der Waals surface area contributed by atoms with Crippen molar-refractivity contribution in [2.45, 2.75) is 6.54 Å². The Labute approximate surface area is 135 Å². The number of hydrogen-bond donors (Lipinski definition) is 1. The molecule has 1 fully saturated rings. The number of rotatable bonds is 3.